The molecule has 0 fully saturated rings. The zero-order chi connectivity index (χ0) is 13.0. The van der Waals surface area contributed by atoms with Crippen LogP contribution in [0.15, 0.2) is 12.1 Å². The first-order valence-electron chi connectivity index (χ1n) is 5.21. The van der Waals surface area contributed by atoms with Gasteiger partial charge in [0.25, 0.3) is 0 Å². The van der Waals surface area contributed by atoms with Gasteiger partial charge in [0.2, 0.25) is 0 Å². The summed E-state index contributed by atoms with van der Waals surface area (Å²) in [6.45, 7) is 4.54. The minimum absolute atomic E-state index is 0.0441. The minimum Gasteiger partial charge on any atom is -0.490 e. The molecule has 6 heteroatoms. The highest BCUT2D eigenvalue weighted by molar-refractivity contribution is 5.59. The molecule has 0 radical (unpaired) electrons. The molecule has 17 heavy (non-hydrogen) atoms. The predicted molar refractivity (Wildman–Crippen MR) is 62.9 cm³/mol. The Kier molecular flexibility index (Phi) is 4.25. The van der Waals surface area contributed by atoms with Crippen LogP contribution in [0.4, 0.5) is 15.8 Å². The van der Waals surface area contributed by atoms with Crippen LogP contribution in [0.3, 0.4) is 0 Å². The van der Waals surface area contributed by atoms with Crippen LogP contribution < -0.4 is 10.1 Å². The van der Waals surface area contributed by atoms with Crippen LogP contribution in [0.25, 0.3) is 0 Å². The minimum atomic E-state index is -0.672. The fraction of sp³-hybridized carbons (Fsp3) is 0.455. The predicted octanol–water partition coefficient (Wildman–Crippen LogP) is 2.81. The second-order valence-electron chi connectivity index (χ2n) is 4.04. The average Bonchev–Trinajstić information content (AvgIpc) is 2.26. The Hall–Kier alpha value is -1.85. The van der Waals surface area contributed by atoms with Crippen molar-refractivity contribution in [3.05, 3.63) is 28.1 Å². The van der Waals surface area contributed by atoms with Crippen LogP contribution in [0.2, 0.25) is 0 Å². The lowest BCUT2D eigenvalue weighted by Gasteiger charge is -2.11. The SMILES string of the molecule is COc1cc(NCC(C)C)c(F)cc1[N+](=O)[O-]. The van der Waals surface area contributed by atoms with Crippen LogP contribution in [0.1, 0.15) is 13.8 Å². The topological polar surface area (TPSA) is 64.4 Å². The lowest BCUT2D eigenvalue weighted by molar-refractivity contribution is -0.385. The van der Waals surface area contributed by atoms with Gasteiger partial charge in [0.15, 0.2) is 11.6 Å². The molecule has 0 atom stereocenters. The maximum atomic E-state index is 13.6. The maximum absolute atomic E-state index is 13.6. The van der Waals surface area contributed by atoms with Crippen molar-refractivity contribution in [2.45, 2.75) is 13.8 Å². The van der Waals surface area contributed by atoms with E-state index in [1.807, 2.05) is 13.8 Å². The quantitative estimate of drug-likeness (QED) is 0.637. The Balaban J connectivity index is 3.04. The summed E-state index contributed by atoms with van der Waals surface area (Å²) in [6, 6.07) is 2.16. The zero-order valence-corrected chi connectivity index (χ0v) is 9.99. The summed E-state index contributed by atoms with van der Waals surface area (Å²) in [5, 5.41) is 13.5. The highest BCUT2D eigenvalue weighted by Gasteiger charge is 2.19. The Morgan fingerprint density at radius 3 is 2.65 bits per heavy atom. The van der Waals surface area contributed by atoms with Gasteiger partial charge >= 0.3 is 5.69 Å². The normalized spacial score (nSPS) is 10.4. The van der Waals surface area contributed by atoms with Crippen LogP contribution in [0.5, 0.6) is 5.75 Å². The molecule has 0 spiro atoms. The van der Waals surface area contributed by atoms with Crippen molar-refractivity contribution in [2.24, 2.45) is 5.92 Å². The van der Waals surface area contributed by atoms with Gasteiger partial charge in [-0.25, -0.2) is 4.39 Å². The summed E-state index contributed by atoms with van der Waals surface area (Å²) in [4.78, 5) is 9.98. The standard InChI is InChI=1S/C11H15FN2O3/c1-7(2)6-13-9-5-11(17-3)10(14(15)16)4-8(9)12/h4-5,7,13H,6H2,1-3H3. The Bertz CT molecular complexity index is 421. The smallest absolute Gasteiger partial charge is 0.313 e. The number of methoxy groups -OCH3 is 1. The molecule has 1 N–H and O–H groups in total. The number of benzene rings is 1. The number of rotatable bonds is 5. The van der Waals surface area contributed by atoms with Gasteiger partial charge in [-0.3, -0.25) is 10.1 Å². The lowest BCUT2D eigenvalue weighted by Crippen LogP contribution is -2.09. The summed E-state index contributed by atoms with van der Waals surface area (Å²) >= 11 is 0. The molecule has 1 aromatic rings. The Morgan fingerprint density at radius 1 is 1.53 bits per heavy atom. The van der Waals surface area contributed by atoms with Crippen molar-refractivity contribution >= 4 is 11.4 Å². The Morgan fingerprint density at radius 2 is 2.18 bits per heavy atom. The van der Waals surface area contributed by atoms with Crippen LogP contribution in [0, 0.1) is 21.8 Å². The van der Waals surface area contributed by atoms with Gasteiger partial charge in [0.1, 0.15) is 0 Å². The number of hydrogen-bond acceptors (Lipinski definition) is 4. The summed E-state index contributed by atoms with van der Waals surface area (Å²) in [6.07, 6.45) is 0. The van der Waals surface area contributed by atoms with E-state index in [0.29, 0.717) is 12.5 Å². The average molecular weight is 242 g/mol. The lowest BCUT2D eigenvalue weighted by atomic mass is 10.2. The molecule has 94 valence electrons. The molecule has 0 saturated heterocycles. The molecular formula is C11H15FN2O3. The van der Waals surface area contributed by atoms with Crippen molar-refractivity contribution in [3.63, 3.8) is 0 Å². The fourth-order valence-electron chi connectivity index (χ4n) is 1.30. The number of anilines is 1. The van der Waals surface area contributed by atoms with E-state index in [1.54, 1.807) is 0 Å². The van der Waals surface area contributed by atoms with E-state index in [-0.39, 0.29) is 17.1 Å². The monoisotopic (exact) mass is 242 g/mol. The van der Waals surface area contributed by atoms with Gasteiger partial charge in [-0.05, 0) is 5.92 Å². The molecule has 0 saturated carbocycles. The van der Waals surface area contributed by atoms with Crippen molar-refractivity contribution < 1.29 is 14.1 Å². The van der Waals surface area contributed by atoms with Gasteiger partial charge < -0.3 is 10.1 Å². The van der Waals surface area contributed by atoms with Gasteiger partial charge in [0.05, 0.1) is 23.8 Å². The molecule has 0 heterocycles. The summed E-state index contributed by atoms with van der Waals surface area (Å²) < 4.78 is 18.4. The molecule has 0 aliphatic rings. The first-order chi connectivity index (χ1) is 7.95. The van der Waals surface area contributed by atoms with E-state index in [9.17, 15) is 14.5 Å². The molecule has 0 aliphatic heterocycles. The number of halogens is 1. The molecule has 0 amide bonds. The number of nitrogens with one attached hydrogen (secondary N) is 1. The van der Waals surface area contributed by atoms with E-state index in [4.69, 9.17) is 4.74 Å². The third-order valence-corrected chi connectivity index (χ3v) is 2.17. The van der Waals surface area contributed by atoms with Crippen LogP contribution in [-0.4, -0.2) is 18.6 Å². The number of ether oxygens (including phenoxy) is 1. The maximum Gasteiger partial charge on any atom is 0.313 e. The third kappa shape index (κ3) is 3.30. The van der Waals surface area contributed by atoms with E-state index in [2.05, 4.69) is 5.32 Å². The number of nitro benzene ring substituents is 1. The van der Waals surface area contributed by atoms with Gasteiger partial charge in [0, 0.05) is 12.6 Å². The summed E-state index contributed by atoms with van der Waals surface area (Å²) in [5.74, 6) is -0.267. The first-order valence-corrected chi connectivity index (χ1v) is 5.21. The number of hydrogen-bond donors (Lipinski definition) is 1. The third-order valence-electron chi connectivity index (χ3n) is 2.17. The van der Waals surface area contributed by atoms with Gasteiger partial charge in [-0.15, -0.1) is 0 Å². The highest BCUT2D eigenvalue weighted by atomic mass is 19.1. The van der Waals surface area contributed by atoms with E-state index < -0.39 is 10.7 Å². The molecule has 0 bridgehead atoms. The summed E-state index contributed by atoms with van der Waals surface area (Å²) in [5.41, 5.74) is -0.166. The molecule has 0 aromatic heterocycles. The molecule has 0 aliphatic carbocycles. The van der Waals surface area contributed by atoms with Crippen LogP contribution >= 0.6 is 0 Å². The van der Waals surface area contributed by atoms with E-state index in [1.165, 1.54) is 13.2 Å². The molecule has 0 unspecified atom stereocenters. The van der Waals surface area contributed by atoms with Gasteiger partial charge in [-0.2, -0.15) is 0 Å². The molecule has 1 aromatic carbocycles. The second-order valence-corrected chi connectivity index (χ2v) is 4.04. The molecule has 5 nitrogen and oxygen atoms in total. The largest absolute Gasteiger partial charge is 0.490 e. The zero-order valence-electron chi connectivity index (χ0n) is 9.99. The van der Waals surface area contributed by atoms with Crippen LogP contribution in [-0.2, 0) is 0 Å². The summed E-state index contributed by atoms with van der Waals surface area (Å²) in [7, 11) is 1.31. The molecule has 1 rings (SSSR count). The van der Waals surface area contributed by atoms with Crippen molar-refractivity contribution in [1.29, 1.82) is 0 Å². The van der Waals surface area contributed by atoms with E-state index in [0.717, 1.165) is 6.07 Å². The molecular weight excluding hydrogens is 227 g/mol. The fourth-order valence-corrected chi connectivity index (χ4v) is 1.30. The number of nitrogens with zero attached hydrogens (tertiary/aromatic N) is 1. The highest BCUT2D eigenvalue weighted by Crippen LogP contribution is 2.32. The van der Waals surface area contributed by atoms with E-state index >= 15 is 0 Å². The van der Waals surface area contributed by atoms with Crippen molar-refractivity contribution in [1.82, 2.24) is 0 Å². The van der Waals surface area contributed by atoms with Gasteiger partial charge in [-0.1, -0.05) is 13.8 Å². The Labute approximate surface area is 98.7 Å². The number of nitro groups is 1. The first kappa shape index (κ1) is 13.2. The van der Waals surface area contributed by atoms with Crippen molar-refractivity contribution in [2.75, 3.05) is 19.0 Å². The van der Waals surface area contributed by atoms with Crippen molar-refractivity contribution in [3.8, 4) is 5.75 Å². The second kappa shape index (κ2) is 5.47.